The van der Waals surface area contributed by atoms with Crippen LogP contribution >= 0.6 is 35.0 Å². The van der Waals surface area contributed by atoms with E-state index in [9.17, 15) is 0 Å². The Morgan fingerprint density at radius 1 is 1.14 bits per heavy atom. The number of halogens is 2. The fourth-order valence-corrected chi connectivity index (χ4v) is 2.83. The van der Waals surface area contributed by atoms with Crippen LogP contribution in [-0.4, -0.2) is 10.5 Å². The quantitative estimate of drug-likeness (QED) is 0.803. The Morgan fingerprint density at radius 3 is 2.48 bits per heavy atom. The second-order valence-corrected chi connectivity index (χ2v) is 7.69. The Balaban J connectivity index is 2.07. The zero-order valence-electron chi connectivity index (χ0n) is 12.3. The number of hydrogen-bond donors (Lipinski definition) is 1. The van der Waals surface area contributed by atoms with Crippen molar-refractivity contribution in [2.75, 3.05) is 0 Å². The van der Waals surface area contributed by atoms with Crippen LogP contribution in [0.15, 0.2) is 46.5 Å². The Morgan fingerprint density at radius 2 is 1.90 bits per heavy atom. The van der Waals surface area contributed by atoms with Gasteiger partial charge in [0.1, 0.15) is 5.03 Å². The van der Waals surface area contributed by atoms with E-state index >= 15 is 0 Å². The van der Waals surface area contributed by atoms with E-state index in [1.54, 1.807) is 6.20 Å². The highest BCUT2D eigenvalue weighted by molar-refractivity contribution is 7.99. The van der Waals surface area contributed by atoms with Crippen molar-refractivity contribution in [2.45, 2.75) is 42.8 Å². The summed E-state index contributed by atoms with van der Waals surface area (Å²) in [5.74, 6) is 0. The summed E-state index contributed by atoms with van der Waals surface area (Å²) in [6, 6.07) is 9.83. The van der Waals surface area contributed by atoms with Gasteiger partial charge < -0.3 is 5.32 Å². The lowest BCUT2D eigenvalue weighted by molar-refractivity contribution is 0.424. The topological polar surface area (TPSA) is 24.9 Å². The van der Waals surface area contributed by atoms with E-state index < -0.39 is 0 Å². The van der Waals surface area contributed by atoms with E-state index in [0.717, 1.165) is 21.5 Å². The number of pyridine rings is 1. The van der Waals surface area contributed by atoms with Gasteiger partial charge in [-0.1, -0.05) is 41.0 Å². The minimum absolute atomic E-state index is 0.0904. The maximum atomic E-state index is 6.36. The molecule has 1 N–H and O–H groups in total. The van der Waals surface area contributed by atoms with E-state index in [1.165, 1.54) is 17.3 Å². The maximum Gasteiger partial charge on any atom is 0.101 e. The number of nitrogens with one attached hydrogen (secondary N) is 1. The molecule has 0 saturated carbocycles. The van der Waals surface area contributed by atoms with Gasteiger partial charge in [-0.05, 0) is 50.6 Å². The SMILES string of the molecule is CC(C)(C)NCc1ccc(Sc2ccc(Cl)cn2)c(Cl)c1. The molecular formula is C16H18Cl2N2S. The van der Waals surface area contributed by atoms with E-state index in [1.807, 2.05) is 24.3 Å². The molecule has 0 saturated heterocycles. The minimum atomic E-state index is 0.0904. The molecule has 0 aliphatic carbocycles. The van der Waals surface area contributed by atoms with Crippen LogP contribution in [-0.2, 0) is 6.54 Å². The largest absolute Gasteiger partial charge is 0.308 e. The smallest absolute Gasteiger partial charge is 0.101 e. The van der Waals surface area contributed by atoms with E-state index in [2.05, 4.69) is 37.1 Å². The van der Waals surface area contributed by atoms with Gasteiger partial charge in [-0.15, -0.1) is 0 Å². The molecule has 21 heavy (non-hydrogen) atoms. The molecule has 2 rings (SSSR count). The van der Waals surface area contributed by atoms with Gasteiger partial charge in [-0.25, -0.2) is 4.98 Å². The summed E-state index contributed by atoms with van der Waals surface area (Å²) in [6.07, 6.45) is 1.64. The summed E-state index contributed by atoms with van der Waals surface area (Å²) >= 11 is 13.7. The predicted octanol–water partition coefficient (Wildman–Crippen LogP) is 5.43. The van der Waals surface area contributed by atoms with Gasteiger partial charge in [0.25, 0.3) is 0 Å². The highest BCUT2D eigenvalue weighted by Crippen LogP contribution is 2.33. The van der Waals surface area contributed by atoms with Crippen molar-refractivity contribution in [1.82, 2.24) is 10.3 Å². The van der Waals surface area contributed by atoms with Gasteiger partial charge in [-0.2, -0.15) is 0 Å². The van der Waals surface area contributed by atoms with Crippen molar-refractivity contribution >= 4 is 35.0 Å². The van der Waals surface area contributed by atoms with Crippen molar-refractivity contribution < 1.29 is 0 Å². The van der Waals surface area contributed by atoms with E-state index in [0.29, 0.717) is 5.02 Å². The summed E-state index contributed by atoms with van der Waals surface area (Å²) in [5.41, 5.74) is 1.26. The van der Waals surface area contributed by atoms with Gasteiger partial charge in [0.2, 0.25) is 0 Å². The van der Waals surface area contributed by atoms with Crippen molar-refractivity contribution in [1.29, 1.82) is 0 Å². The lowest BCUT2D eigenvalue weighted by atomic mass is 10.1. The molecule has 0 radical (unpaired) electrons. The summed E-state index contributed by atoms with van der Waals surface area (Å²) < 4.78 is 0. The first kappa shape index (κ1) is 16.6. The first-order valence-electron chi connectivity index (χ1n) is 6.66. The average molecular weight is 341 g/mol. The molecule has 1 aromatic carbocycles. The van der Waals surface area contributed by atoms with Crippen LogP contribution in [0.3, 0.4) is 0 Å². The summed E-state index contributed by atoms with van der Waals surface area (Å²) in [7, 11) is 0. The molecule has 1 aromatic heterocycles. The third-order valence-corrected chi connectivity index (χ3v) is 4.41. The highest BCUT2D eigenvalue weighted by Gasteiger charge is 2.10. The maximum absolute atomic E-state index is 6.36. The predicted molar refractivity (Wildman–Crippen MR) is 91.4 cm³/mol. The highest BCUT2D eigenvalue weighted by atomic mass is 35.5. The normalized spacial score (nSPS) is 11.7. The van der Waals surface area contributed by atoms with Gasteiger partial charge in [0, 0.05) is 23.2 Å². The number of benzene rings is 1. The van der Waals surface area contributed by atoms with E-state index in [-0.39, 0.29) is 5.54 Å². The summed E-state index contributed by atoms with van der Waals surface area (Å²) in [6.45, 7) is 7.23. The van der Waals surface area contributed by atoms with Crippen LogP contribution in [0.5, 0.6) is 0 Å². The zero-order valence-corrected chi connectivity index (χ0v) is 14.6. The number of aromatic nitrogens is 1. The second-order valence-electron chi connectivity index (χ2n) is 5.79. The standard InChI is InChI=1S/C16H18Cl2N2S/c1-16(2,3)20-9-11-4-6-14(13(18)8-11)21-15-7-5-12(17)10-19-15/h4-8,10,20H,9H2,1-3H3. The van der Waals surface area contributed by atoms with Crippen molar-refractivity contribution in [3.63, 3.8) is 0 Å². The monoisotopic (exact) mass is 340 g/mol. The first-order valence-corrected chi connectivity index (χ1v) is 8.23. The van der Waals surface area contributed by atoms with Crippen LogP contribution < -0.4 is 5.32 Å². The fourth-order valence-electron chi connectivity index (χ4n) is 1.64. The van der Waals surface area contributed by atoms with Gasteiger partial charge >= 0.3 is 0 Å². The number of rotatable bonds is 4. The van der Waals surface area contributed by atoms with E-state index in [4.69, 9.17) is 23.2 Å². The summed E-state index contributed by atoms with van der Waals surface area (Å²) in [4.78, 5) is 5.26. The molecule has 0 bridgehead atoms. The number of nitrogens with zero attached hydrogens (tertiary/aromatic N) is 1. The van der Waals surface area contributed by atoms with Crippen molar-refractivity contribution in [2.24, 2.45) is 0 Å². The molecular weight excluding hydrogens is 323 g/mol. The molecule has 5 heteroatoms. The third-order valence-electron chi connectivity index (χ3n) is 2.73. The molecule has 0 amide bonds. The zero-order chi connectivity index (χ0) is 15.5. The Labute approximate surface area is 140 Å². The molecule has 0 fully saturated rings. The molecule has 0 aliphatic heterocycles. The molecule has 1 heterocycles. The number of hydrogen-bond acceptors (Lipinski definition) is 3. The molecule has 2 nitrogen and oxygen atoms in total. The third kappa shape index (κ3) is 5.51. The van der Waals surface area contributed by atoms with Crippen LogP contribution in [0.2, 0.25) is 10.0 Å². The summed E-state index contributed by atoms with van der Waals surface area (Å²) in [5, 5.41) is 5.70. The van der Waals surface area contributed by atoms with Crippen LogP contribution in [0.1, 0.15) is 26.3 Å². The molecule has 0 aliphatic rings. The van der Waals surface area contributed by atoms with Gasteiger partial charge in [0.15, 0.2) is 0 Å². The lowest BCUT2D eigenvalue weighted by Crippen LogP contribution is -2.35. The van der Waals surface area contributed by atoms with Crippen molar-refractivity contribution in [3.05, 3.63) is 52.1 Å². The fraction of sp³-hybridized carbons (Fsp3) is 0.312. The second kappa shape index (κ2) is 7.01. The lowest BCUT2D eigenvalue weighted by Gasteiger charge is -2.20. The van der Waals surface area contributed by atoms with Crippen LogP contribution in [0.25, 0.3) is 0 Å². The molecule has 0 spiro atoms. The average Bonchev–Trinajstić information content (AvgIpc) is 2.41. The first-order chi connectivity index (χ1) is 9.83. The van der Waals surface area contributed by atoms with Crippen LogP contribution in [0.4, 0.5) is 0 Å². The Bertz CT molecular complexity index is 607. The van der Waals surface area contributed by atoms with Crippen molar-refractivity contribution in [3.8, 4) is 0 Å². The van der Waals surface area contributed by atoms with Gasteiger partial charge in [-0.3, -0.25) is 0 Å². The molecule has 112 valence electrons. The van der Waals surface area contributed by atoms with Crippen LogP contribution in [0, 0.1) is 0 Å². The van der Waals surface area contributed by atoms with Gasteiger partial charge in [0.05, 0.1) is 10.0 Å². The minimum Gasteiger partial charge on any atom is -0.308 e. The molecule has 2 aromatic rings. The molecule has 0 atom stereocenters. The Hall–Kier alpha value is -0.740. The molecule has 0 unspecified atom stereocenters. The Kier molecular flexibility index (Phi) is 5.55.